The molecule has 0 saturated heterocycles. The van der Waals surface area contributed by atoms with E-state index in [2.05, 4.69) is 10.3 Å². The van der Waals surface area contributed by atoms with Crippen LogP contribution in [-0.2, 0) is 4.79 Å². The lowest BCUT2D eigenvalue weighted by Crippen LogP contribution is -2.45. The number of benzene rings is 2. The molecule has 1 aromatic heterocycles. The molecule has 0 unspecified atom stereocenters. The van der Waals surface area contributed by atoms with E-state index in [1.807, 2.05) is 42.5 Å². The van der Waals surface area contributed by atoms with Crippen molar-refractivity contribution in [2.75, 3.05) is 0 Å². The molecule has 0 radical (unpaired) electrons. The summed E-state index contributed by atoms with van der Waals surface area (Å²) in [5.41, 5.74) is 1.71. The third-order valence-electron chi connectivity index (χ3n) is 4.35. The molecule has 0 aliphatic heterocycles. The summed E-state index contributed by atoms with van der Waals surface area (Å²) in [7, 11) is 0. The number of pyridine rings is 1. The van der Waals surface area contributed by atoms with Crippen LogP contribution < -0.4 is 5.32 Å². The Bertz CT molecular complexity index is 985. The molecule has 6 heteroatoms. The number of nitrogens with zero attached hydrogens (tertiary/aromatic N) is 2. The summed E-state index contributed by atoms with van der Waals surface area (Å²) >= 11 is 0. The fraction of sp³-hybridized carbons (Fsp3) is 0.200. The predicted molar refractivity (Wildman–Crippen MR) is 97.5 cm³/mol. The van der Waals surface area contributed by atoms with Crippen molar-refractivity contribution in [3.63, 3.8) is 0 Å². The largest absolute Gasteiger partial charge is 0.480 e. The second-order valence-electron chi connectivity index (χ2n) is 6.15. The Morgan fingerprint density at radius 2 is 1.65 bits per heavy atom. The average Bonchev–Trinajstić information content (AvgIpc) is 2.63. The fourth-order valence-electron chi connectivity index (χ4n) is 3.01. The monoisotopic (exact) mass is 347 g/mol. The van der Waals surface area contributed by atoms with Crippen LogP contribution in [0.1, 0.15) is 23.7 Å². The number of nitrogens with one attached hydrogen (secondary N) is 1. The average molecular weight is 347 g/mol. The first-order chi connectivity index (χ1) is 12.5. The first-order valence-electron chi connectivity index (χ1n) is 8.21. The van der Waals surface area contributed by atoms with E-state index in [1.54, 1.807) is 19.1 Å². The van der Waals surface area contributed by atoms with Crippen LogP contribution in [-0.4, -0.2) is 28.0 Å². The Morgan fingerprint density at radius 3 is 2.15 bits per heavy atom. The highest BCUT2D eigenvalue weighted by Gasteiger charge is 2.28. The summed E-state index contributed by atoms with van der Waals surface area (Å²) in [6.07, 6.45) is 0.0368. The van der Waals surface area contributed by atoms with Gasteiger partial charge in [-0.15, -0.1) is 0 Å². The van der Waals surface area contributed by atoms with Crippen molar-refractivity contribution in [3.8, 4) is 6.07 Å². The van der Waals surface area contributed by atoms with Crippen LogP contribution in [0.15, 0.2) is 48.5 Å². The molecule has 0 aliphatic rings. The lowest BCUT2D eigenvalue weighted by Gasteiger charge is -2.20. The number of aliphatic carboxylic acids is 1. The van der Waals surface area contributed by atoms with Crippen molar-refractivity contribution in [3.05, 3.63) is 54.1 Å². The number of carbonyl (C=O) groups is 2. The van der Waals surface area contributed by atoms with Gasteiger partial charge in [-0.2, -0.15) is 5.26 Å². The topological polar surface area (TPSA) is 103 Å². The van der Waals surface area contributed by atoms with Gasteiger partial charge < -0.3 is 10.4 Å². The van der Waals surface area contributed by atoms with E-state index in [4.69, 9.17) is 5.26 Å². The van der Waals surface area contributed by atoms with Gasteiger partial charge in [0.05, 0.1) is 22.7 Å². The van der Waals surface area contributed by atoms with Crippen LogP contribution >= 0.6 is 0 Å². The van der Waals surface area contributed by atoms with E-state index >= 15 is 0 Å². The van der Waals surface area contributed by atoms with E-state index in [9.17, 15) is 14.7 Å². The summed E-state index contributed by atoms with van der Waals surface area (Å²) in [6.45, 7) is 1.63. The minimum absolute atomic E-state index is 0.0368. The third kappa shape index (κ3) is 3.20. The highest BCUT2D eigenvalue weighted by molar-refractivity contribution is 6.16. The lowest BCUT2D eigenvalue weighted by molar-refractivity contribution is -0.140. The Kier molecular flexibility index (Phi) is 4.81. The molecule has 0 fully saturated rings. The predicted octanol–water partition coefficient (Wildman–Crippen LogP) is 3.12. The number of para-hydroxylation sites is 2. The van der Waals surface area contributed by atoms with E-state index in [0.29, 0.717) is 27.4 Å². The molecule has 2 aromatic carbocycles. The van der Waals surface area contributed by atoms with Crippen molar-refractivity contribution in [2.45, 2.75) is 19.4 Å². The van der Waals surface area contributed by atoms with Crippen molar-refractivity contribution in [2.24, 2.45) is 5.92 Å². The number of carbonyl (C=O) groups excluding carboxylic acids is 1. The minimum Gasteiger partial charge on any atom is -0.480 e. The third-order valence-corrected chi connectivity index (χ3v) is 4.35. The van der Waals surface area contributed by atoms with Gasteiger partial charge >= 0.3 is 5.97 Å². The molecular formula is C20H17N3O3. The Labute approximate surface area is 150 Å². The number of carboxylic acid groups (broad SMARTS) is 1. The molecule has 1 amide bonds. The van der Waals surface area contributed by atoms with Crippen LogP contribution in [0, 0.1) is 17.2 Å². The normalized spacial score (nSPS) is 13.1. The molecule has 26 heavy (non-hydrogen) atoms. The van der Waals surface area contributed by atoms with Crippen molar-refractivity contribution >= 4 is 33.7 Å². The van der Waals surface area contributed by atoms with Crippen molar-refractivity contribution in [1.29, 1.82) is 5.26 Å². The van der Waals surface area contributed by atoms with Gasteiger partial charge in [0.25, 0.3) is 5.91 Å². The number of nitriles is 1. The Balaban J connectivity index is 2.12. The Hall–Kier alpha value is -3.46. The highest BCUT2D eigenvalue weighted by atomic mass is 16.4. The van der Waals surface area contributed by atoms with Gasteiger partial charge in [-0.3, -0.25) is 4.79 Å². The molecule has 130 valence electrons. The summed E-state index contributed by atoms with van der Waals surface area (Å²) in [6, 6.07) is 15.3. The van der Waals surface area contributed by atoms with Gasteiger partial charge in [0.15, 0.2) is 0 Å². The van der Waals surface area contributed by atoms with Crippen LogP contribution in [0.3, 0.4) is 0 Å². The van der Waals surface area contributed by atoms with E-state index in [-0.39, 0.29) is 6.42 Å². The molecule has 6 nitrogen and oxygen atoms in total. The smallest absolute Gasteiger partial charge is 0.326 e. The van der Waals surface area contributed by atoms with Crippen molar-refractivity contribution < 1.29 is 14.7 Å². The molecule has 2 N–H and O–H groups in total. The molecule has 3 rings (SSSR count). The van der Waals surface area contributed by atoms with E-state index in [1.165, 1.54) is 0 Å². The molecule has 3 aromatic rings. The molecular weight excluding hydrogens is 330 g/mol. The number of carboxylic acids is 1. The van der Waals surface area contributed by atoms with E-state index in [0.717, 1.165) is 0 Å². The maximum absolute atomic E-state index is 13.0. The van der Waals surface area contributed by atoms with Crippen LogP contribution in [0.4, 0.5) is 0 Å². The van der Waals surface area contributed by atoms with Gasteiger partial charge in [-0.05, 0) is 12.1 Å². The molecule has 1 heterocycles. The molecule has 0 saturated carbocycles. The van der Waals surface area contributed by atoms with Crippen LogP contribution in [0.2, 0.25) is 0 Å². The van der Waals surface area contributed by atoms with Crippen LogP contribution in [0.5, 0.6) is 0 Å². The quantitative estimate of drug-likeness (QED) is 0.690. The number of hydrogen-bond donors (Lipinski definition) is 2. The standard InChI is InChI=1S/C20H17N3O3/c1-12(10-11-21)18(20(25)26)23-19(24)17-13-6-2-4-8-15(13)22-16-9-5-3-7-14(16)17/h2-9,12,18H,10H2,1H3,(H,23,24)(H,25,26)/t12-,18+/m0/s1. The molecule has 0 aliphatic carbocycles. The minimum atomic E-state index is -1.16. The first-order valence-corrected chi connectivity index (χ1v) is 8.21. The fourth-order valence-corrected chi connectivity index (χ4v) is 3.01. The van der Waals surface area contributed by atoms with Crippen molar-refractivity contribution in [1.82, 2.24) is 10.3 Å². The van der Waals surface area contributed by atoms with Gasteiger partial charge in [-0.1, -0.05) is 43.3 Å². The number of hydrogen-bond acceptors (Lipinski definition) is 4. The number of rotatable bonds is 5. The molecule has 2 atom stereocenters. The summed E-state index contributed by atoms with van der Waals surface area (Å²) in [5, 5.41) is 22.2. The number of aromatic nitrogens is 1. The zero-order valence-corrected chi connectivity index (χ0v) is 14.1. The lowest BCUT2D eigenvalue weighted by atomic mass is 9.97. The SMILES string of the molecule is C[C@@H](CC#N)[C@@H](NC(=O)c1c2ccccc2nc2ccccc12)C(=O)O. The molecule has 0 spiro atoms. The summed E-state index contributed by atoms with van der Waals surface area (Å²) < 4.78 is 0. The van der Waals surface area contributed by atoms with Crippen LogP contribution in [0.25, 0.3) is 21.8 Å². The van der Waals surface area contributed by atoms with Gasteiger partial charge in [-0.25, -0.2) is 9.78 Å². The van der Waals surface area contributed by atoms with E-state index < -0.39 is 23.8 Å². The summed E-state index contributed by atoms with van der Waals surface area (Å²) in [4.78, 5) is 29.1. The first kappa shape index (κ1) is 17.4. The van der Waals surface area contributed by atoms with Gasteiger partial charge in [0.2, 0.25) is 0 Å². The summed E-state index contributed by atoms with van der Waals surface area (Å²) in [5.74, 6) is -2.17. The maximum Gasteiger partial charge on any atom is 0.326 e. The highest BCUT2D eigenvalue weighted by Crippen LogP contribution is 2.26. The second kappa shape index (κ2) is 7.19. The van der Waals surface area contributed by atoms with Gasteiger partial charge in [0.1, 0.15) is 6.04 Å². The zero-order valence-electron chi connectivity index (χ0n) is 14.1. The number of fused-ring (bicyclic) bond motifs is 2. The second-order valence-corrected chi connectivity index (χ2v) is 6.15. The van der Waals surface area contributed by atoms with Gasteiger partial charge in [0, 0.05) is 23.1 Å². The Morgan fingerprint density at radius 1 is 1.12 bits per heavy atom. The zero-order chi connectivity index (χ0) is 18.7. The number of amides is 1. The molecule has 0 bridgehead atoms. The maximum atomic E-state index is 13.0.